The van der Waals surface area contributed by atoms with Crippen molar-refractivity contribution in [3.8, 4) is 5.69 Å². The van der Waals surface area contributed by atoms with E-state index in [9.17, 15) is 0 Å². The average Bonchev–Trinajstić information content (AvgIpc) is 3.46. The molecule has 0 radical (unpaired) electrons. The molecule has 4 heterocycles. The molecular formula is C25H27ClN4O2. The SMILES string of the molecule is ClC1c2nnc(C3CCC(Cc4ccccn4)CC3)n2-c2ccccc2CC12OCCO2. The van der Waals surface area contributed by atoms with Gasteiger partial charge >= 0.3 is 0 Å². The number of nitrogens with zero attached hydrogens (tertiary/aromatic N) is 4. The summed E-state index contributed by atoms with van der Waals surface area (Å²) in [6.45, 7) is 1.10. The van der Waals surface area contributed by atoms with Gasteiger partial charge in [0.25, 0.3) is 0 Å². The second kappa shape index (κ2) is 8.25. The first-order valence-corrected chi connectivity index (χ1v) is 12.0. The molecule has 6 nitrogen and oxygen atoms in total. The van der Waals surface area contributed by atoms with Crippen LogP contribution < -0.4 is 0 Å². The van der Waals surface area contributed by atoms with E-state index in [4.69, 9.17) is 21.1 Å². The zero-order chi connectivity index (χ0) is 21.5. The maximum atomic E-state index is 6.99. The van der Waals surface area contributed by atoms with Gasteiger partial charge in [0.1, 0.15) is 11.2 Å². The standard InChI is InChI=1S/C25H27ClN4O2/c26-22-24-29-28-23(18-10-8-17(9-11-18)15-20-6-3-4-12-27-20)30(24)21-7-2-1-5-19(21)16-25(22)31-13-14-32-25/h1-7,12,17-18,22H,8-11,13-16H2. The third-order valence-corrected chi connectivity index (χ3v) is 7.73. The van der Waals surface area contributed by atoms with Crippen LogP contribution in [0.2, 0.25) is 0 Å². The summed E-state index contributed by atoms with van der Waals surface area (Å²) in [6, 6.07) is 14.6. The van der Waals surface area contributed by atoms with E-state index in [0.717, 1.165) is 42.2 Å². The van der Waals surface area contributed by atoms with Gasteiger partial charge in [-0.05, 0) is 61.8 Å². The summed E-state index contributed by atoms with van der Waals surface area (Å²) >= 11 is 6.99. The lowest BCUT2D eigenvalue weighted by Gasteiger charge is -2.29. The molecule has 1 saturated heterocycles. The van der Waals surface area contributed by atoms with Crippen molar-refractivity contribution < 1.29 is 9.47 Å². The van der Waals surface area contributed by atoms with E-state index < -0.39 is 11.2 Å². The molecule has 7 heteroatoms. The van der Waals surface area contributed by atoms with E-state index in [1.54, 1.807) is 0 Å². The van der Waals surface area contributed by atoms with Crippen LogP contribution in [0, 0.1) is 5.92 Å². The number of hydrogen-bond acceptors (Lipinski definition) is 5. The molecule has 3 aliphatic rings. The molecule has 1 saturated carbocycles. The van der Waals surface area contributed by atoms with Crippen LogP contribution in [-0.2, 0) is 22.3 Å². The molecule has 166 valence electrons. The molecule has 2 aromatic heterocycles. The fourth-order valence-corrected chi connectivity index (χ4v) is 5.92. The largest absolute Gasteiger partial charge is 0.345 e. The fraction of sp³-hybridized carbons (Fsp3) is 0.480. The summed E-state index contributed by atoms with van der Waals surface area (Å²) in [5, 5.41) is 8.75. The van der Waals surface area contributed by atoms with Crippen LogP contribution in [0.3, 0.4) is 0 Å². The fourth-order valence-electron chi connectivity index (χ4n) is 5.57. The minimum atomic E-state index is -0.878. The van der Waals surface area contributed by atoms with Gasteiger partial charge in [-0.1, -0.05) is 24.3 Å². The van der Waals surface area contributed by atoms with Crippen molar-refractivity contribution in [1.29, 1.82) is 0 Å². The van der Waals surface area contributed by atoms with Crippen molar-refractivity contribution in [2.75, 3.05) is 13.2 Å². The number of hydrogen-bond donors (Lipinski definition) is 0. The first-order valence-electron chi connectivity index (χ1n) is 11.6. The van der Waals surface area contributed by atoms with Gasteiger partial charge in [0, 0.05) is 24.2 Å². The third-order valence-electron chi connectivity index (χ3n) is 7.21. The number of ether oxygens (including phenoxy) is 2. The summed E-state index contributed by atoms with van der Waals surface area (Å²) in [4.78, 5) is 4.51. The molecule has 2 aliphatic heterocycles. The molecule has 1 spiro atoms. The van der Waals surface area contributed by atoms with Crippen LogP contribution in [0.15, 0.2) is 48.7 Å². The lowest BCUT2D eigenvalue weighted by atomic mass is 9.79. The first-order chi connectivity index (χ1) is 15.7. The molecule has 0 N–H and O–H groups in total. The Morgan fingerprint density at radius 1 is 0.938 bits per heavy atom. The predicted molar refractivity (Wildman–Crippen MR) is 121 cm³/mol. The van der Waals surface area contributed by atoms with Crippen LogP contribution in [0.4, 0.5) is 0 Å². The molecule has 1 unspecified atom stereocenters. The molecule has 0 bridgehead atoms. The van der Waals surface area contributed by atoms with Gasteiger partial charge in [0.15, 0.2) is 11.6 Å². The Kier molecular flexibility index (Phi) is 5.24. The van der Waals surface area contributed by atoms with Gasteiger partial charge < -0.3 is 9.47 Å². The first kappa shape index (κ1) is 20.3. The van der Waals surface area contributed by atoms with Crippen LogP contribution in [0.5, 0.6) is 0 Å². The van der Waals surface area contributed by atoms with E-state index >= 15 is 0 Å². The van der Waals surface area contributed by atoms with Gasteiger partial charge in [-0.3, -0.25) is 9.55 Å². The number of para-hydroxylation sites is 1. The zero-order valence-corrected chi connectivity index (χ0v) is 18.7. The normalized spacial score (nSPS) is 26.5. The third kappa shape index (κ3) is 3.45. The number of benzene rings is 1. The van der Waals surface area contributed by atoms with Crippen molar-refractivity contribution in [3.63, 3.8) is 0 Å². The molecule has 32 heavy (non-hydrogen) atoms. The van der Waals surface area contributed by atoms with Crippen LogP contribution in [0.1, 0.15) is 59.9 Å². The zero-order valence-electron chi connectivity index (χ0n) is 18.0. The minimum absolute atomic E-state index is 0.368. The smallest absolute Gasteiger partial charge is 0.196 e. The van der Waals surface area contributed by atoms with Crippen molar-refractivity contribution >= 4 is 11.6 Å². The Morgan fingerprint density at radius 2 is 1.69 bits per heavy atom. The number of fused-ring (bicyclic) bond motifs is 3. The lowest BCUT2D eigenvalue weighted by Crippen LogP contribution is -2.37. The molecule has 3 aromatic rings. The average molecular weight is 451 g/mol. The molecular weight excluding hydrogens is 424 g/mol. The van der Waals surface area contributed by atoms with Crippen molar-refractivity contribution in [1.82, 2.24) is 19.7 Å². The minimum Gasteiger partial charge on any atom is -0.345 e. The Morgan fingerprint density at radius 3 is 2.47 bits per heavy atom. The second-order valence-corrected chi connectivity index (χ2v) is 9.61. The quantitative estimate of drug-likeness (QED) is 0.538. The molecule has 1 atom stereocenters. The van der Waals surface area contributed by atoms with E-state index in [-0.39, 0.29) is 0 Å². The van der Waals surface area contributed by atoms with Gasteiger partial charge in [0.05, 0.1) is 18.9 Å². The van der Waals surface area contributed by atoms with Crippen LogP contribution in [-0.4, -0.2) is 38.7 Å². The predicted octanol–water partition coefficient (Wildman–Crippen LogP) is 4.76. The second-order valence-electron chi connectivity index (χ2n) is 9.17. The van der Waals surface area contributed by atoms with Gasteiger partial charge in [-0.25, -0.2) is 0 Å². The topological polar surface area (TPSA) is 62.1 Å². The maximum absolute atomic E-state index is 6.99. The van der Waals surface area contributed by atoms with Crippen molar-refractivity contribution in [3.05, 3.63) is 71.6 Å². The highest BCUT2D eigenvalue weighted by Gasteiger charge is 2.49. The van der Waals surface area contributed by atoms with E-state index in [2.05, 4.69) is 56.1 Å². The molecule has 6 rings (SSSR count). The highest BCUT2D eigenvalue weighted by molar-refractivity contribution is 6.21. The van der Waals surface area contributed by atoms with Crippen molar-refractivity contribution in [2.24, 2.45) is 5.92 Å². The monoisotopic (exact) mass is 450 g/mol. The Labute approximate surface area is 192 Å². The number of halogens is 1. The van der Waals surface area contributed by atoms with E-state index in [1.165, 1.54) is 18.5 Å². The molecule has 2 fully saturated rings. The van der Waals surface area contributed by atoms with E-state index in [0.29, 0.717) is 31.5 Å². The highest BCUT2D eigenvalue weighted by Crippen LogP contribution is 2.46. The maximum Gasteiger partial charge on any atom is 0.196 e. The molecule has 0 amide bonds. The summed E-state index contributed by atoms with van der Waals surface area (Å²) in [6.07, 6.45) is 8.09. The number of aromatic nitrogens is 4. The Bertz CT molecular complexity index is 1090. The van der Waals surface area contributed by atoms with Crippen LogP contribution >= 0.6 is 11.6 Å². The lowest BCUT2D eigenvalue weighted by molar-refractivity contribution is -0.159. The summed E-state index contributed by atoms with van der Waals surface area (Å²) < 4.78 is 14.3. The Hall–Kier alpha value is -2.28. The number of alkyl halides is 1. The van der Waals surface area contributed by atoms with Gasteiger partial charge in [-0.2, -0.15) is 0 Å². The Balaban J connectivity index is 1.30. The molecule has 1 aromatic carbocycles. The van der Waals surface area contributed by atoms with E-state index in [1.807, 2.05) is 12.3 Å². The van der Waals surface area contributed by atoms with Crippen LogP contribution in [0.25, 0.3) is 5.69 Å². The van der Waals surface area contributed by atoms with Crippen molar-refractivity contribution in [2.45, 2.75) is 55.6 Å². The number of rotatable bonds is 3. The van der Waals surface area contributed by atoms with Gasteiger partial charge in [-0.15, -0.1) is 21.8 Å². The number of pyridine rings is 1. The highest BCUT2D eigenvalue weighted by atomic mass is 35.5. The summed E-state index contributed by atoms with van der Waals surface area (Å²) in [7, 11) is 0. The summed E-state index contributed by atoms with van der Waals surface area (Å²) in [5.41, 5.74) is 3.44. The molecule has 1 aliphatic carbocycles. The summed E-state index contributed by atoms with van der Waals surface area (Å²) in [5.74, 6) is 1.90. The van der Waals surface area contributed by atoms with Gasteiger partial charge in [0.2, 0.25) is 0 Å².